The number of hydrogen-bond acceptors (Lipinski definition) is 5. The summed E-state index contributed by atoms with van der Waals surface area (Å²) in [5.41, 5.74) is 1.16. The normalized spacial score (nSPS) is 10.6. The number of rotatable bonds is 8. The van der Waals surface area contributed by atoms with Gasteiger partial charge in [0.2, 0.25) is 0 Å². The van der Waals surface area contributed by atoms with Crippen molar-refractivity contribution < 1.29 is 19.4 Å². The lowest BCUT2D eigenvalue weighted by Crippen LogP contribution is -2.22. The zero-order valence-corrected chi connectivity index (χ0v) is 14.8. The van der Waals surface area contributed by atoms with E-state index in [1.165, 1.54) is 19.2 Å². The first-order valence-electron chi connectivity index (χ1n) is 8.01. The van der Waals surface area contributed by atoms with Crippen molar-refractivity contribution in [1.29, 1.82) is 0 Å². The first-order chi connectivity index (χ1) is 12.0. The van der Waals surface area contributed by atoms with E-state index in [1.54, 1.807) is 6.07 Å². The second-order valence-corrected chi connectivity index (χ2v) is 5.86. The molecule has 0 aromatic heterocycles. The summed E-state index contributed by atoms with van der Waals surface area (Å²) in [6.45, 7) is 1.84. The van der Waals surface area contributed by atoms with Crippen LogP contribution in [0.25, 0.3) is 0 Å². The van der Waals surface area contributed by atoms with Gasteiger partial charge in [0.15, 0.2) is 0 Å². The van der Waals surface area contributed by atoms with Crippen molar-refractivity contribution in [2.75, 3.05) is 34.4 Å². The predicted molar refractivity (Wildman–Crippen MR) is 96.3 cm³/mol. The Hall–Kier alpha value is -2.73. The highest BCUT2D eigenvalue weighted by atomic mass is 16.5. The van der Waals surface area contributed by atoms with Gasteiger partial charge in [-0.3, -0.25) is 4.79 Å². The van der Waals surface area contributed by atoms with Gasteiger partial charge in [-0.05, 0) is 43.9 Å². The van der Waals surface area contributed by atoms with Gasteiger partial charge in [0.25, 0.3) is 5.91 Å². The number of aromatic hydroxyl groups is 1. The molecule has 2 aromatic rings. The molecule has 134 valence electrons. The van der Waals surface area contributed by atoms with Gasteiger partial charge in [-0.15, -0.1) is 0 Å². The summed E-state index contributed by atoms with van der Waals surface area (Å²) in [5.74, 6) is 0.844. The molecule has 0 radical (unpaired) electrons. The summed E-state index contributed by atoms with van der Waals surface area (Å²) in [4.78, 5) is 14.2. The largest absolute Gasteiger partial charge is 0.507 e. The Morgan fingerprint density at radius 1 is 1.12 bits per heavy atom. The monoisotopic (exact) mass is 344 g/mol. The number of nitrogens with zero attached hydrogens (tertiary/aromatic N) is 1. The summed E-state index contributed by atoms with van der Waals surface area (Å²) in [6, 6.07) is 12.1. The van der Waals surface area contributed by atoms with Crippen molar-refractivity contribution in [3.05, 3.63) is 53.6 Å². The van der Waals surface area contributed by atoms with Crippen LogP contribution in [-0.2, 0) is 6.54 Å². The SMILES string of the molecule is COc1ccc(C(=O)NCc2ccc(OCCN(C)C)cc2)c(O)c1. The minimum absolute atomic E-state index is 0.110. The van der Waals surface area contributed by atoms with Gasteiger partial charge in [0, 0.05) is 19.2 Å². The summed E-state index contributed by atoms with van der Waals surface area (Å²) in [7, 11) is 5.49. The molecule has 0 saturated heterocycles. The van der Waals surface area contributed by atoms with Crippen LogP contribution >= 0.6 is 0 Å². The van der Waals surface area contributed by atoms with Crippen LogP contribution in [0.2, 0.25) is 0 Å². The first-order valence-corrected chi connectivity index (χ1v) is 8.01. The summed E-state index contributed by atoms with van der Waals surface area (Å²) < 4.78 is 10.6. The van der Waals surface area contributed by atoms with E-state index >= 15 is 0 Å². The number of phenolic OH excluding ortho intramolecular Hbond substituents is 1. The van der Waals surface area contributed by atoms with E-state index in [4.69, 9.17) is 9.47 Å². The van der Waals surface area contributed by atoms with Gasteiger partial charge in [-0.2, -0.15) is 0 Å². The Morgan fingerprint density at radius 2 is 1.80 bits per heavy atom. The number of hydrogen-bond donors (Lipinski definition) is 2. The van der Waals surface area contributed by atoms with Gasteiger partial charge < -0.3 is 24.8 Å². The van der Waals surface area contributed by atoms with Crippen LogP contribution in [0, 0.1) is 0 Å². The minimum atomic E-state index is -0.341. The molecule has 0 aliphatic rings. The standard InChI is InChI=1S/C19H24N2O4/c1-21(2)10-11-25-15-6-4-14(5-7-15)13-20-19(23)17-9-8-16(24-3)12-18(17)22/h4-9,12,22H,10-11,13H2,1-3H3,(H,20,23). The van der Waals surface area contributed by atoms with Crippen LogP contribution in [0.4, 0.5) is 0 Å². The number of likely N-dealkylation sites (N-methyl/N-ethyl adjacent to an activating group) is 1. The van der Waals surface area contributed by atoms with Crippen LogP contribution in [0.15, 0.2) is 42.5 Å². The van der Waals surface area contributed by atoms with Gasteiger partial charge >= 0.3 is 0 Å². The Labute approximate surface area is 148 Å². The number of amides is 1. The van der Waals surface area contributed by atoms with E-state index in [9.17, 15) is 9.90 Å². The molecule has 2 rings (SSSR count). The van der Waals surface area contributed by atoms with Gasteiger partial charge in [0.05, 0.1) is 12.7 Å². The Morgan fingerprint density at radius 3 is 2.40 bits per heavy atom. The molecular formula is C19H24N2O4. The van der Waals surface area contributed by atoms with E-state index in [-0.39, 0.29) is 17.2 Å². The van der Waals surface area contributed by atoms with Crippen molar-refractivity contribution in [1.82, 2.24) is 10.2 Å². The third kappa shape index (κ3) is 5.69. The Bertz CT molecular complexity index is 699. The van der Waals surface area contributed by atoms with Crippen molar-refractivity contribution in [2.45, 2.75) is 6.54 Å². The predicted octanol–water partition coefficient (Wildman–Crippen LogP) is 2.27. The van der Waals surface area contributed by atoms with Crippen LogP contribution in [0.3, 0.4) is 0 Å². The zero-order chi connectivity index (χ0) is 18.2. The number of carbonyl (C=O) groups excluding carboxylic acids is 1. The molecule has 0 bridgehead atoms. The van der Waals surface area contributed by atoms with Crippen LogP contribution in [0.1, 0.15) is 15.9 Å². The van der Waals surface area contributed by atoms with Crippen LogP contribution in [0.5, 0.6) is 17.2 Å². The number of carbonyl (C=O) groups is 1. The maximum absolute atomic E-state index is 12.2. The number of benzene rings is 2. The second kappa shape index (κ2) is 8.94. The van der Waals surface area contributed by atoms with E-state index in [0.717, 1.165) is 17.9 Å². The first kappa shape index (κ1) is 18.6. The molecule has 25 heavy (non-hydrogen) atoms. The average Bonchev–Trinajstić information content (AvgIpc) is 2.60. The molecule has 2 aromatic carbocycles. The molecular weight excluding hydrogens is 320 g/mol. The molecule has 0 unspecified atom stereocenters. The van der Waals surface area contributed by atoms with Crippen molar-refractivity contribution in [2.24, 2.45) is 0 Å². The zero-order valence-electron chi connectivity index (χ0n) is 14.8. The molecule has 6 heteroatoms. The average molecular weight is 344 g/mol. The molecule has 0 heterocycles. The molecule has 1 amide bonds. The fourth-order valence-electron chi connectivity index (χ4n) is 2.16. The van der Waals surface area contributed by atoms with Gasteiger partial charge in [-0.25, -0.2) is 0 Å². The minimum Gasteiger partial charge on any atom is -0.507 e. The van der Waals surface area contributed by atoms with Crippen molar-refractivity contribution >= 4 is 5.91 Å². The highest BCUT2D eigenvalue weighted by Crippen LogP contribution is 2.23. The van der Waals surface area contributed by atoms with Crippen LogP contribution < -0.4 is 14.8 Å². The third-order valence-electron chi connectivity index (χ3n) is 3.63. The molecule has 6 nitrogen and oxygen atoms in total. The molecule has 0 aliphatic heterocycles. The number of ether oxygens (including phenoxy) is 2. The van der Waals surface area contributed by atoms with E-state index in [2.05, 4.69) is 10.2 Å². The third-order valence-corrected chi connectivity index (χ3v) is 3.63. The summed E-state index contributed by atoms with van der Waals surface area (Å²) >= 11 is 0. The lowest BCUT2D eigenvalue weighted by atomic mass is 10.1. The highest BCUT2D eigenvalue weighted by Gasteiger charge is 2.11. The maximum Gasteiger partial charge on any atom is 0.255 e. The molecule has 2 N–H and O–H groups in total. The molecule has 0 aliphatic carbocycles. The van der Waals surface area contributed by atoms with Gasteiger partial charge in [0.1, 0.15) is 23.9 Å². The summed E-state index contributed by atoms with van der Waals surface area (Å²) in [6.07, 6.45) is 0. The van der Waals surface area contributed by atoms with Crippen molar-refractivity contribution in [3.63, 3.8) is 0 Å². The number of phenols is 1. The molecule has 0 saturated carbocycles. The lowest BCUT2D eigenvalue weighted by Gasteiger charge is -2.11. The van der Waals surface area contributed by atoms with Gasteiger partial charge in [-0.1, -0.05) is 12.1 Å². The molecule has 0 spiro atoms. The summed E-state index contributed by atoms with van der Waals surface area (Å²) in [5, 5.41) is 12.7. The maximum atomic E-state index is 12.2. The fraction of sp³-hybridized carbons (Fsp3) is 0.316. The fourth-order valence-corrected chi connectivity index (χ4v) is 2.16. The number of methoxy groups -OCH3 is 1. The van der Waals surface area contributed by atoms with E-state index in [1.807, 2.05) is 38.4 Å². The quantitative estimate of drug-likeness (QED) is 0.769. The Balaban J connectivity index is 1.87. The van der Waals surface area contributed by atoms with E-state index in [0.29, 0.717) is 18.9 Å². The Kier molecular flexibility index (Phi) is 6.65. The van der Waals surface area contributed by atoms with Crippen LogP contribution in [-0.4, -0.2) is 50.3 Å². The lowest BCUT2D eigenvalue weighted by molar-refractivity contribution is 0.0948. The second-order valence-electron chi connectivity index (χ2n) is 5.86. The molecule has 0 fully saturated rings. The number of nitrogens with one attached hydrogen (secondary N) is 1. The highest BCUT2D eigenvalue weighted by molar-refractivity contribution is 5.96. The van der Waals surface area contributed by atoms with E-state index < -0.39 is 0 Å². The smallest absolute Gasteiger partial charge is 0.255 e. The molecule has 0 atom stereocenters. The van der Waals surface area contributed by atoms with Crippen molar-refractivity contribution in [3.8, 4) is 17.2 Å². The topological polar surface area (TPSA) is 71.0 Å².